The number of unbranched alkanes of at least 4 members (excludes halogenated alkanes) is 47. The molecular formula is C78H152O17P2. The lowest BCUT2D eigenvalue weighted by Crippen LogP contribution is -2.30. The average Bonchev–Trinajstić information content (AvgIpc) is 3.01. The highest BCUT2D eigenvalue weighted by Gasteiger charge is 2.30. The van der Waals surface area contributed by atoms with Gasteiger partial charge in [0.05, 0.1) is 26.4 Å². The Bertz CT molecular complexity index is 1870. The van der Waals surface area contributed by atoms with Gasteiger partial charge in [-0.3, -0.25) is 37.3 Å². The van der Waals surface area contributed by atoms with Gasteiger partial charge in [0.25, 0.3) is 0 Å². The predicted molar refractivity (Wildman–Crippen MR) is 395 cm³/mol. The first-order valence-electron chi connectivity index (χ1n) is 40.5. The molecule has 0 rings (SSSR count). The van der Waals surface area contributed by atoms with Crippen molar-refractivity contribution in [3.63, 3.8) is 0 Å². The third kappa shape index (κ3) is 72.2. The van der Waals surface area contributed by atoms with Crippen molar-refractivity contribution in [1.29, 1.82) is 0 Å². The van der Waals surface area contributed by atoms with Gasteiger partial charge in [0.1, 0.15) is 19.3 Å². The molecule has 0 heterocycles. The Labute approximate surface area is 594 Å². The van der Waals surface area contributed by atoms with E-state index in [-0.39, 0.29) is 25.7 Å². The first kappa shape index (κ1) is 95.1. The fourth-order valence-corrected chi connectivity index (χ4v) is 13.6. The van der Waals surface area contributed by atoms with Crippen molar-refractivity contribution in [2.75, 3.05) is 39.6 Å². The molecule has 0 fully saturated rings. The van der Waals surface area contributed by atoms with Crippen molar-refractivity contribution in [2.24, 2.45) is 11.8 Å². The molecule has 5 atom stereocenters. The fraction of sp³-hybridized carbons (Fsp3) is 0.949. The Balaban J connectivity index is 5.22. The minimum atomic E-state index is -4.96. The number of carbonyl (C=O) groups excluding carboxylic acids is 4. The summed E-state index contributed by atoms with van der Waals surface area (Å²) in [5.41, 5.74) is 0. The quantitative estimate of drug-likeness (QED) is 0.0222. The number of hydrogen-bond acceptors (Lipinski definition) is 15. The van der Waals surface area contributed by atoms with Gasteiger partial charge in [-0.15, -0.1) is 0 Å². The minimum absolute atomic E-state index is 0.107. The van der Waals surface area contributed by atoms with E-state index in [0.717, 1.165) is 102 Å². The zero-order valence-corrected chi connectivity index (χ0v) is 65.2. The maximum absolute atomic E-state index is 13.1. The smallest absolute Gasteiger partial charge is 0.462 e. The second-order valence-corrected chi connectivity index (χ2v) is 32.0. The Hall–Kier alpha value is -1.94. The van der Waals surface area contributed by atoms with Crippen LogP contribution in [0.1, 0.15) is 408 Å². The molecule has 0 aromatic heterocycles. The van der Waals surface area contributed by atoms with Gasteiger partial charge in [-0.2, -0.15) is 0 Å². The van der Waals surface area contributed by atoms with Crippen molar-refractivity contribution in [1.82, 2.24) is 0 Å². The van der Waals surface area contributed by atoms with Crippen LogP contribution in [-0.4, -0.2) is 96.7 Å². The highest BCUT2D eigenvalue weighted by molar-refractivity contribution is 7.47. The van der Waals surface area contributed by atoms with Gasteiger partial charge < -0.3 is 33.8 Å². The summed E-state index contributed by atoms with van der Waals surface area (Å²) in [5.74, 6) is -0.566. The third-order valence-corrected chi connectivity index (χ3v) is 20.1. The molecule has 576 valence electrons. The van der Waals surface area contributed by atoms with Crippen LogP contribution in [0.5, 0.6) is 0 Å². The van der Waals surface area contributed by atoms with Crippen LogP contribution in [0.25, 0.3) is 0 Å². The van der Waals surface area contributed by atoms with E-state index in [9.17, 15) is 43.2 Å². The molecule has 19 heteroatoms. The zero-order chi connectivity index (χ0) is 71.4. The molecule has 0 aliphatic rings. The summed E-state index contributed by atoms with van der Waals surface area (Å²) in [6.07, 6.45) is 58.3. The lowest BCUT2D eigenvalue weighted by molar-refractivity contribution is -0.161. The maximum atomic E-state index is 13.1. The van der Waals surface area contributed by atoms with Crippen LogP contribution >= 0.6 is 15.6 Å². The first-order chi connectivity index (χ1) is 46.9. The summed E-state index contributed by atoms with van der Waals surface area (Å²) >= 11 is 0. The monoisotopic (exact) mass is 1420 g/mol. The molecule has 3 N–H and O–H groups in total. The number of phosphoric acid groups is 2. The average molecular weight is 1420 g/mol. The molecule has 0 saturated heterocycles. The van der Waals surface area contributed by atoms with Crippen LogP contribution in [0.2, 0.25) is 0 Å². The molecule has 0 amide bonds. The van der Waals surface area contributed by atoms with Gasteiger partial charge in [0, 0.05) is 25.7 Å². The Morgan fingerprint density at radius 3 is 0.701 bits per heavy atom. The van der Waals surface area contributed by atoms with E-state index in [2.05, 4.69) is 41.5 Å². The zero-order valence-electron chi connectivity index (χ0n) is 63.4. The normalized spacial score (nSPS) is 14.0. The van der Waals surface area contributed by atoms with Gasteiger partial charge in [-0.1, -0.05) is 356 Å². The molecule has 17 nitrogen and oxygen atoms in total. The second kappa shape index (κ2) is 69.8. The highest BCUT2D eigenvalue weighted by atomic mass is 31.2. The van der Waals surface area contributed by atoms with Crippen molar-refractivity contribution in [3.05, 3.63) is 0 Å². The summed E-state index contributed by atoms with van der Waals surface area (Å²) in [5, 5.41) is 10.6. The van der Waals surface area contributed by atoms with E-state index < -0.39 is 97.5 Å². The summed E-state index contributed by atoms with van der Waals surface area (Å²) in [4.78, 5) is 72.9. The number of ether oxygens (including phenoxy) is 4. The van der Waals surface area contributed by atoms with Crippen molar-refractivity contribution in [3.8, 4) is 0 Å². The largest absolute Gasteiger partial charge is 0.472 e. The lowest BCUT2D eigenvalue weighted by atomic mass is 10.0. The predicted octanol–water partition coefficient (Wildman–Crippen LogP) is 23.1. The van der Waals surface area contributed by atoms with Crippen LogP contribution in [0.3, 0.4) is 0 Å². The SMILES string of the molecule is CCCCCCCCCCCCCCCCCCCCCC(=O)O[C@H](COC(=O)CCCCCCCCCCCCCCC(C)C)COP(=O)(O)OC[C@@H](O)COP(=O)(O)OC[C@@H](COC(=O)CCCCCCCCCCC)OC(=O)CCCCCCCCCCCCCC(C)C. The van der Waals surface area contributed by atoms with E-state index >= 15 is 0 Å². The first-order valence-corrected chi connectivity index (χ1v) is 43.5. The van der Waals surface area contributed by atoms with E-state index in [1.54, 1.807) is 0 Å². The molecule has 0 spiro atoms. The Morgan fingerprint density at radius 2 is 0.474 bits per heavy atom. The minimum Gasteiger partial charge on any atom is -0.462 e. The summed E-state index contributed by atoms with van der Waals surface area (Å²) in [7, 11) is -9.91. The molecular weight excluding hydrogens is 1270 g/mol. The lowest BCUT2D eigenvalue weighted by Gasteiger charge is -2.21. The molecule has 0 saturated carbocycles. The van der Waals surface area contributed by atoms with Gasteiger partial charge in [-0.25, -0.2) is 9.13 Å². The number of hydrogen-bond donors (Lipinski definition) is 3. The number of esters is 4. The summed E-state index contributed by atoms with van der Waals surface area (Å²) < 4.78 is 68.6. The number of aliphatic hydroxyl groups is 1. The van der Waals surface area contributed by atoms with E-state index in [1.807, 2.05) is 0 Å². The molecule has 0 radical (unpaired) electrons. The van der Waals surface area contributed by atoms with E-state index in [0.29, 0.717) is 25.7 Å². The fourth-order valence-electron chi connectivity index (χ4n) is 12.0. The van der Waals surface area contributed by atoms with E-state index in [1.165, 1.54) is 225 Å². The molecule has 0 aliphatic heterocycles. The Morgan fingerprint density at radius 1 is 0.278 bits per heavy atom. The molecule has 2 unspecified atom stereocenters. The van der Waals surface area contributed by atoms with Crippen molar-refractivity contribution in [2.45, 2.75) is 426 Å². The second-order valence-electron chi connectivity index (χ2n) is 29.1. The van der Waals surface area contributed by atoms with Gasteiger partial charge in [-0.05, 0) is 37.5 Å². The maximum Gasteiger partial charge on any atom is 0.472 e. The standard InChI is InChI=1S/C78H152O17P2/c1-7-9-11-13-15-17-18-19-20-21-22-23-24-25-32-38-44-50-56-62-77(82)95-74(67-89-76(81)61-55-49-43-37-31-27-26-29-35-40-46-52-58-70(3)4)69-93-97(86,87)91-65-72(79)64-90-96(84,85)92-68-73(66-88-75(80)60-54-48-42-34-16-14-12-10-8-2)94-78(83)63-57-51-45-39-33-28-30-36-41-47-53-59-71(5)6/h70-74,79H,7-69H2,1-6H3,(H,84,85)(H,86,87)/t72-,73+,74+/m0/s1. The summed E-state index contributed by atoms with van der Waals surface area (Å²) in [6.45, 7) is 9.61. The van der Waals surface area contributed by atoms with Crippen LogP contribution in [-0.2, 0) is 65.4 Å². The molecule has 0 aromatic carbocycles. The number of rotatable bonds is 77. The topological polar surface area (TPSA) is 237 Å². The van der Waals surface area contributed by atoms with Gasteiger partial charge in [0.2, 0.25) is 0 Å². The van der Waals surface area contributed by atoms with Gasteiger partial charge >= 0.3 is 39.5 Å². The van der Waals surface area contributed by atoms with Crippen LogP contribution in [0.15, 0.2) is 0 Å². The van der Waals surface area contributed by atoms with Crippen LogP contribution < -0.4 is 0 Å². The molecule has 0 aliphatic carbocycles. The van der Waals surface area contributed by atoms with Crippen LogP contribution in [0, 0.1) is 11.8 Å². The van der Waals surface area contributed by atoms with Crippen molar-refractivity contribution < 1.29 is 80.2 Å². The highest BCUT2D eigenvalue weighted by Crippen LogP contribution is 2.45. The van der Waals surface area contributed by atoms with E-state index in [4.69, 9.17) is 37.0 Å². The molecule has 0 bridgehead atoms. The molecule has 0 aromatic rings. The van der Waals surface area contributed by atoms with Crippen molar-refractivity contribution >= 4 is 39.5 Å². The number of aliphatic hydroxyl groups excluding tert-OH is 1. The Kier molecular flexibility index (Phi) is 68.4. The van der Waals surface area contributed by atoms with Gasteiger partial charge in [0.15, 0.2) is 12.2 Å². The summed E-state index contributed by atoms with van der Waals surface area (Å²) in [6, 6.07) is 0. The van der Waals surface area contributed by atoms with Crippen LogP contribution in [0.4, 0.5) is 0 Å². The number of phosphoric ester groups is 2. The third-order valence-electron chi connectivity index (χ3n) is 18.2. The molecule has 97 heavy (non-hydrogen) atoms. The number of carbonyl (C=O) groups is 4.